The number of nitrogens with one attached hydrogen (secondary N) is 3. The zero-order chi connectivity index (χ0) is 58.1. The fourth-order valence-corrected chi connectivity index (χ4v) is 13.4. The highest BCUT2D eigenvalue weighted by Gasteiger charge is 2.50. The van der Waals surface area contributed by atoms with E-state index in [1.807, 2.05) is 27.8 Å². The molecule has 0 saturated carbocycles. The van der Waals surface area contributed by atoms with Gasteiger partial charge in [0.25, 0.3) is 22.7 Å². The predicted molar refractivity (Wildman–Crippen MR) is 304 cm³/mol. The van der Waals surface area contributed by atoms with Gasteiger partial charge in [-0.2, -0.15) is 0 Å². The Kier molecular flexibility index (Phi) is 17.7. The molecule has 436 valence electrons. The van der Waals surface area contributed by atoms with Gasteiger partial charge in [0.1, 0.15) is 0 Å². The van der Waals surface area contributed by atoms with Gasteiger partial charge in [-0.25, -0.2) is 0 Å². The number of fused-ring (bicyclic) bond motifs is 10. The fraction of sp³-hybridized carbons (Fsp3) is 0.474. The van der Waals surface area contributed by atoms with E-state index in [1.165, 1.54) is 48.4 Å². The van der Waals surface area contributed by atoms with Gasteiger partial charge in [-0.3, -0.25) is 40.5 Å². The van der Waals surface area contributed by atoms with E-state index in [1.54, 1.807) is 62.2 Å². The molecule has 10 bridgehead atoms. The third kappa shape index (κ3) is 13.0. The molecule has 15 rings (SSSR count). The first-order valence-corrected chi connectivity index (χ1v) is 28.4. The average molecular weight is 1140 g/mol. The molecule has 15 unspecified atom stereocenters. The van der Waals surface area contributed by atoms with Crippen LogP contribution in [-0.2, 0) is 23.7 Å². The second-order valence-corrected chi connectivity index (χ2v) is 22.7. The van der Waals surface area contributed by atoms with Crippen LogP contribution in [0.25, 0.3) is 0 Å². The van der Waals surface area contributed by atoms with E-state index in [9.17, 15) is 50.5 Å². The van der Waals surface area contributed by atoms with Gasteiger partial charge < -0.3 is 59.3 Å². The first kappa shape index (κ1) is 58.1. The molecule has 10 saturated heterocycles. The number of nitro groups is 4. The molecule has 5 aromatic rings. The smallest absolute Gasteiger partial charge is 0.376 e. The lowest BCUT2D eigenvalue weighted by atomic mass is 9.82. The highest BCUT2D eigenvalue weighted by atomic mass is 16.6. The Bertz CT molecular complexity index is 3100. The van der Waals surface area contributed by atoms with Crippen LogP contribution >= 0.6 is 0 Å². The lowest BCUT2D eigenvalue weighted by molar-refractivity contribution is -0.385. The predicted octanol–water partition coefficient (Wildman–Crippen LogP) is 6.72. The second kappa shape index (κ2) is 25.3. The number of morpholine rings is 5. The van der Waals surface area contributed by atoms with Crippen LogP contribution in [-0.4, -0.2) is 147 Å². The summed E-state index contributed by atoms with van der Waals surface area (Å²) in [5, 5.41) is 72.4. The summed E-state index contributed by atoms with van der Waals surface area (Å²) >= 11 is 0. The van der Waals surface area contributed by atoms with Crippen LogP contribution < -0.4 is 16.0 Å². The van der Waals surface area contributed by atoms with Gasteiger partial charge in [0, 0.05) is 111 Å². The number of non-ortho nitro benzene ring substituents is 4. The maximum absolute atomic E-state index is 10.8. The van der Waals surface area contributed by atoms with Crippen molar-refractivity contribution in [3.05, 3.63) is 196 Å². The van der Waals surface area contributed by atoms with E-state index in [0.29, 0.717) is 36.4 Å². The molecular formula is C57H67B2N9O15. The molecule has 24 nitrogen and oxygen atoms in total. The summed E-state index contributed by atoms with van der Waals surface area (Å²) in [6.07, 6.45) is 6.35. The molecular weight excluding hydrogens is 1070 g/mol. The van der Waals surface area contributed by atoms with Crippen molar-refractivity contribution in [3.8, 4) is 0 Å². The van der Waals surface area contributed by atoms with Crippen LogP contribution in [0, 0.1) is 40.5 Å². The van der Waals surface area contributed by atoms with Crippen molar-refractivity contribution in [2.45, 2.75) is 137 Å². The highest BCUT2D eigenvalue weighted by molar-refractivity contribution is 6.45. The van der Waals surface area contributed by atoms with Crippen LogP contribution in [0.3, 0.4) is 0 Å². The molecule has 5 aromatic carbocycles. The molecule has 5 N–H and O–H groups in total. The monoisotopic (exact) mass is 1140 g/mol. The van der Waals surface area contributed by atoms with Gasteiger partial charge in [0.2, 0.25) is 0 Å². The van der Waals surface area contributed by atoms with Crippen LogP contribution in [0.5, 0.6) is 0 Å². The van der Waals surface area contributed by atoms with Crippen LogP contribution in [0.2, 0.25) is 13.6 Å². The third-order valence-corrected chi connectivity index (χ3v) is 17.3. The normalized spacial score (nSPS) is 31.6. The molecule has 10 heterocycles. The zero-order valence-electron chi connectivity index (χ0n) is 45.9. The summed E-state index contributed by atoms with van der Waals surface area (Å²) < 4.78 is 29.3. The molecule has 0 amide bonds. The second-order valence-electron chi connectivity index (χ2n) is 22.7. The van der Waals surface area contributed by atoms with Crippen LogP contribution in [0.15, 0.2) is 127 Å². The number of nitro benzene ring substituents is 4. The van der Waals surface area contributed by atoms with E-state index in [-0.39, 0.29) is 87.4 Å². The van der Waals surface area contributed by atoms with Crippen molar-refractivity contribution in [1.82, 2.24) is 25.6 Å². The maximum Gasteiger partial charge on any atom is 0.376 e. The Balaban J connectivity index is 0.000000109. The van der Waals surface area contributed by atoms with Gasteiger partial charge in [-0.1, -0.05) is 54.6 Å². The minimum Gasteiger partial charge on any atom is -0.437 e. The van der Waals surface area contributed by atoms with Crippen molar-refractivity contribution >= 4 is 36.9 Å². The topological polar surface area (TPSA) is 302 Å². The molecule has 83 heavy (non-hydrogen) atoms. The number of rotatable bonds is 11. The molecule has 26 heteroatoms. The number of hydrogen-bond acceptors (Lipinski definition) is 20. The van der Waals surface area contributed by atoms with Crippen LogP contribution in [0.1, 0.15) is 90.4 Å². The van der Waals surface area contributed by atoms with Crippen LogP contribution in [0.4, 0.5) is 22.7 Å². The molecule has 10 fully saturated rings. The molecule has 0 aliphatic carbocycles. The largest absolute Gasteiger partial charge is 0.437 e. The zero-order valence-corrected chi connectivity index (χ0v) is 45.9. The molecule has 10 aliphatic heterocycles. The minimum atomic E-state index is -0.514. The van der Waals surface area contributed by atoms with E-state index in [2.05, 4.69) is 40.2 Å². The Morgan fingerprint density at radius 1 is 0.410 bits per heavy atom. The molecule has 0 radical (unpaired) electrons. The van der Waals surface area contributed by atoms with Gasteiger partial charge in [-0.15, -0.1) is 0 Å². The first-order chi connectivity index (χ1) is 40.0. The van der Waals surface area contributed by atoms with E-state index in [0.717, 1.165) is 80.7 Å². The molecule has 10 aliphatic rings. The Morgan fingerprint density at radius 2 is 0.735 bits per heavy atom. The summed E-state index contributed by atoms with van der Waals surface area (Å²) in [5.74, 6) is 0. The molecule has 15 atom stereocenters. The van der Waals surface area contributed by atoms with Crippen molar-refractivity contribution in [2.75, 3.05) is 32.7 Å². The first-order valence-electron chi connectivity index (χ1n) is 28.4. The Hall–Kier alpha value is -6.65. The number of benzene rings is 5. The number of hydrogen-bond donors (Lipinski definition) is 5. The van der Waals surface area contributed by atoms with E-state index in [4.69, 9.17) is 23.7 Å². The van der Waals surface area contributed by atoms with Gasteiger partial charge >= 0.3 is 14.1 Å². The van der Waals surface area contributed by atoms with Crippen molar-refractivity contribution in [3.63, 3.8) is 0 Å². The maximum atomic E-state index is 10.8. The van der Waals surface area contributed by atoms with Gasteiger partial charge in [0.05, 0.1) is 80.7 Å². The molecule has 0 spiro atoms. The third-order valence-electron chi connectivity index (χ3n) is 17.3. The van der Waals surface area contributed by atoms with E-state index < -0.39 is 23.9 Å². The van der Waals surface area contributed by atoms with Crippen molar-refractivity contribution < 1.29 is 53.4 Å². The number of nitrogens with zero attached hydrogens (tertiary/aromatic N) is 6. The summed E-state index contributed by atoms with van der Waals surface area (Å²) in [6.45, 7) is 7.84. The molecule has 0 aromatic heterocycles. The van der Waals surface area contributed by atoms with E-state index >= 15 is 0 Å². The quantitative estimate of drug-likeness (QED) is 0.0521. The summed E-state index contributed by atoms with van der Waals surface area (Å²) in [6, 6.07) is 38.3. The van der Waals surface area contributed by atoms with Gasteiger partial charge in [0.15, 0.2) is 0 Å². The Morgan fingerprint density at radius 3 is 1.07 bits per heavy atom. The van der Waals surface area contributed by atoms with Crippen molar-refractivity contribution in [2.24, 2.45) is 0 Å². The van der Waals surface area contributed by atoms with Gasteiger partial charge in [-0.05, 0) is 97.8 Å². The Labute approximate surface area is 479 Å². The lowest BCUT2D eigenvalue weighted by Crippen LogP contribution is -2.46. The van der Waals surface area contributed by atoms with Crippen molar-refractivity contribution in [1.29, 1.82) is 0 Å². The summed E-state index contributed by atoms with van der Waals surface area (Å²) in [5.41, 5.74) is 5.38. The standard InChI is InChI=1S/2C12H15BN2O4.2C11H12N2O3.C11H13NO/c1-13(16)14-7-10-6-11(14)12(19-10)8-2-4-9(5-3-8)15(17)18;1-13(16)14-7-10-6-11(14)12(19-10)8-3-2-4-9(5-8)15(17)18;14-13(15)8-3-1-7(2-4-8)11-10-5-9(16-11)6-12-10;14-13(15)8-3-1-2-7(4-8)11-10-5-9(16-11)6-12-10;1-2-4-8(5-3-1)11-10-6-9(13-11)7-12-10/h2*2-5,10-12,16H,6-7H2,1H3;2*1-4,9-12H,5-6H2;1-5,9-12H,6-7H2. The summed E-state index contributed by atoms with van der Waals surface area (Å²) in [4.78, 5) is 45.1. The fourth-order valence-electron chi connectivity index (χ4n) is 13.4. The average Bonchev–Trinajstić information content (AvgIpc) is 4.51. The lowest BCUT2D eigenvalue weighted by Gasteiger charge is -2.34. The minimum absolute atomic E-state index is 0.0290. The summed E-state index contributed by atoms with van der Waals surface area (Å²) in [7, 11) is -1.00. The highest BCUT2D eigenvalue weighted by Crippen LogP contribution is 2.45. The number of ether oxygens (including phenoxy) is 5. The SMILES string of the molecule is CB(O)N1CC2CC1C(c1ccc([N+](=O)[O-])cc1)O2.CB(O)N1CC2CC1C(c1cccc([N+](=O)[O-])c1)O2.O=[N+]([O-])c1ccc(C2OC3CNC2C3)cc1.O=[N+]([O-])c1cccc(C2OC3CNC2C3)c1.c1ccc(C2OC3CNC2C3)cc1.